The molecule has 0 spiro atoms. The standard InChI is InChI=1S/C21H24ClN3O3S/c1-14-11-15(22)12-18-20(14)23-21(29-18)25(10-9-24(2)3)19(26)13-28-17-8-6-5-7-16(17)27-4/h5-8,11-12H,9-10,13H2,1-4H3. The Morgan fingerprint density at radius 1 is 1.17 bits per heavy atom. The first-order chi connectivity index (χ1) is 13.9. The number of aryl methyl sites for hydroxylation is 1. The molecule has 154 valence electrons. The molecule has 3 aromatic rings. The number of anilines is 1. The van der Waals surface area contributed by atoms with Crippen LogP contribution >= 0.6 is 22.9 Å². The molecule has 0 atom stereocenters. The van der Waals surface area contributed by atoms with Gasteiger partial charge < -0.3 is 14.4 Å². The number of aromatic nitrogens is 1. The summed E-state index contributed by atoms with van der Waals surface area (Å²) in [6.07, 6.45) is 0. The van der Waals surface area contributed by atoms with E-state index in [0.29, 0.717) is 34.7 Å². The zero-order valence-corrected chi connectivity index (χ0v) is 18.5. The van der Waals surface area contributed by atoms with Crippen LogP contribution in [0, 0.1) is 6.92 Å². The van der Waals surface area contributed by atoms with Gasteiger partial charge in [0, 0.05) is 18.1 Å². The summed E-state index contributed by atoms with van der Waals surface area (Å²) >= 11 is 7.64. The van der Waals surface area contributed by atoms with Crippen LogP contribution in [0.4, 0.5) is 5.13 Å². The molecule has 0 bridgehead atoms. The number of hydrogen-bond acceptors (Lipinski definition) is 6. The molecule has 0 saturated heterocycles. The van der Waals surface area contributed by atoms with E-state index in [0.717, 1.165) is 15.8 Å². The summed E-state index contributed by atoms with van der Waals surface area (Å²) in [5.41, 5.74) is 1.85. The average molecular weight is 434 g/mol. The number of halogens is 1. The van der Waals surface area contributed by atoms with E-state index in [1.54, 1.807) is 24.1 Å². The minimum absolute atomic E-state index is 0.108. The van der Waals surface area contributed by atoms with Crippen molar-refractivity contribution in [2.45, 2.75) is 6.92 Å². The van der Waals surface area contributed by atoms with Gasteiger partial charge in [-0.1, -0.05) is 35.1 Å². The second-order valence-corrected chi connectivity index (χ2v) is 8.30. The van der Waals surface area contributed by atoms with E-state index in [1.165, 1.54) is 11.3 Å². The summed E-state index contributed by atoms with van der Waals surface area (Å²) in [5, 5.41) is 1.30. The van der Waals surface area contributed by atoms with Crippen LogP contribution in [0.25, 0.3) is 10.2 Å². The summed E-state index contributed by atoms with van der Waals surface area (Å²) < 4.78 is 12.0. The number of methoxy groups -OCH3 is 1. The van der Waals surface area contributed by atoms with Gasteiger partial charge >= 0.3 is 0 Å². The van der Waals surface area contributed by atoms with Crippen molar-refractivity contribution in [1.82, 2.24) is 9.88 Å². The third-order valence-corrected chi connectivity index (χ3v) is 5.61. The number of para-hydroxylation sites is 2. The lowest BCUT2D eigenvalue weighted by atomic mass is 10.2. The summed E-state index contributed by atoms with van der Waals surface area (Å²) in [4.78, 5) is 21.4. The van der Waals surface area contributed by atoms with Crippen LogP contribution in [-0.2, 0) is 4.79 Å². The Balaban J connectivity index is 1.84. The largest absolute Gasteiger partial charge is 0.493 e. The zero-order chi connectivity index (χ0) is 21.0. The number of amides is 1. The van der Waals surface area contributed by atoms with Crippen LogP contribution < -0.4 is 14.4 Å². The van der Waals surface area contributed by atoms with Crippen molar-refractivity contribution in [3.8, 4) is 11.5 Å². The highest BCUT2D eigenvalue weighted by atomic mass is 35.5. The molecule has 3 rings (SSSR count). The molecule has 0 N–H and O–H groups in total. The van der Waals surface area contributed by atoms with E-state index in [-0.39, 0.29) is 12.5 Å². The number of carbonyl (C=O) groups excluding carboxylic acids is 1. The van der Waals surface area contributed by atoms with Gasteiger partial charge in [-0.15, -0.1) is 0 Å². The van der Waals surface area contributed by atoms with Crippen LogP contribution in [0.1, 0.15) is 5.56 Å². The van der Waals surface area contributed by atoms with Gasteiger partial charge in [0.25, 0.3) is 5.91 Å². The first-order valence-electron chi connectivity index (χ1n) is 9.16. The zero-order valence-electron chi connectivity index (χ0n) is 16.9. The van der Waals surface area contributed by atoms with Crippen molar-refractivity contribution in [1.29, 1.82) is 0 Å². The molecule has 0 aliphatic rings. The minimum atomic E-state index is -0.166. The first-order valence-corrected chi connectivity index (χ1v) is 10.4. The van der Waals surface area contributed by atoms with Gasteiger partial charge in [-0.05, 0) is 50.8 Å². The fourth-order valence-corrected chi connectivity index (χ4v) is 4.30. The highest BCUT2D eigenvalue weighted by molar-refractivity contribution is 7.22. The van der Waals surface area contributed by atoms with E-state index in [9.17, 15) is 4.79 Å². The van der Waals surface area contributed by atoms with Gasteiger partial charge in [-0.3, -0.25) is 9.69 Å². The van der Waals surface area contributed by atoms with Crippen molar-refractivity contribution < 1.29 is 14.3 Å². The SMILES string of the molecule is COc1ccccc1OCC(=O)N(CCN(C)C)c1nc2c(C)cc(Cl)cc2s1. The topological polar surface area (TPSA) is 54.9 Å². The predicted octanol–water partition coefficient (Wildman–Crippen LogP) is 4.24. The normalized spacial score (nSPS) is 11.1. The summed E-state index contributed by atoms with van der Waals surface area (Å²) in [6.45, 7) is 3.07. The number of rotatable bonds is 8. The van der Waals surface area contributed by atoms with Gasteiger partial charge in [0.2, 0.25) is 0 Å². The van der Waals surface area contributed by atoms with E-state index >= 15 is 0 Å². The molecule has 1 amide bonds. The van der Waals surface area contributed by atoms with Crippen molar-refractivity contribution in [2.75, 3.05) is 45.8 Å². The maximum absolute atomic E-state index is 13.0. The van der Waals surface area contributed by atoms with E-state index in [1.807, 2.05) is 50.2 Å². The molecule has 0 saturated carbocycles. The fourth-order valence-electron chi connectivity index (χ4n) is 2.84. The lowest BCUT2D eigenvalue weighted by molar-refractivity contribution is -0.120. The smallest absolute Gasteiger partial charge is 0.266 e. The predicted molar refractivity (Wildman–Crippen MR) is 119 cm³/mol. The number of fused-ring (bicyclic) bond motifs is 1. The molecular formula is C21H24ClN3O3S. The molecule has 0 unspecified atom stereocenters. The molecule has 8 heteroatoms. The number of hydrogen-bond donors (Lipinski definition) is 0. The third kappa shape index (κ3) is 5.18. The van der Waals surface area contributed by atoms with Gasteiger partial charge in [-0.2, -0.15) is 0 Å². The third-order valence-electron chi connectivity index (χ3n) is 4.36. The summed E-state index contributed by atoms with van der Waals surface area (Å²) in [6, 6.07) is 11.0. The highest BCUT2D eigenvalue weighted by Crippen LogP contribution is 2.33. The van der Waals surface area contributed by atoms with Gasteiger partial charge in [0.05, 0.1) is 17.3 Å². The Kier molecular flexibility index (Phi) is 6.95. The van der Waals surface area contributed by atoms with Gasteiger partial charge in [0.15, 0.2) is 23.2 Å². The Labute approximate surface area is 179 Å². The number of benzene rings is 2. The number of ether oxygens (including phenoxy) is 2. The lowest BCUT2D eigenvalue weighted by Crippen LogP contribution is -2.39. The summed E-state index contributed by atoms with van der Waals surface area (Å²) in [5.74, 6) is 0.953. The first kappa shape index (κ1) is 21.4. The molecule has 0 aliphatic heterocycles. The van der Waals surface area contributed by atoms with Gasteiger partial charge in [-0.25, -0.2) is 4.98 Å². The quantitative estimate of drug-likeness (QED) is 0.531. The number of nitrogens with zero attached hydrogens (tertiary/aromatic N) is 3. The van der Waals surface area contributed by atoms with Crippen molar-refractivity contribution in [3.63, 3.8) is 0 Å². The van der Waals surface area contributed by atoms with E-state index in [4.69, 9.17) is 26.1 Å². The van der Waals surface area contributed by atoms with Crippen LogP contribution in [0.2, 0.25) is 5.02 Å². The van der Waals surface area contributed by atoms with Crippen LogP contribution in [0.3, 0.4) is 0 Å². The van der Waals surface area contributed by atoms with Crippen molar-refractivity contribution in [3.05, 3.63) is 47.0 Å². The molecular weight excluding hydrogens is 410 g/mol. The molecule has 6 nitrogen and oxygen atoms in total. The Hall–Kier alpha value is -2.35. The van der Waals surface area contributed by atoms with Crippen LogP contribution in [-0.4, -0.2) is 56.7 Å². The molecule has 0 aliphatic carbocycles. The number of likely N-dealkylation sites (N-methyl/N-ethyl adjacent to an activating group) is 1. The highest BCUT2D eigenvalue weighted by Gasteiger charge is 2.21. The Morgan fingerprint density at radius 3 is 2.59 bits per heavy atom. The molecule has 1 aromatic heterocycles. The average Bonchev–Trinajstić information content (AvgIpc) is 3.10. The molecule has 2 aromatic carbocycles. The second kappa shape index (κ2) is 9.43. The number of thiazole rings is 1. The van der Waals surface area contributed by atoms with Gasteiger partial charge in [0.1, 0.15) is 0 Å². The van der Waals surface area contributed by atoms with Crippen molar-refractivity contribution in [2.24, 2.45) is 0 Å². The molecule has 0 fully saturated rings. The second-order valence-electron chi connectivity index (χ2n) is 6.85. The lowest BCUT2D eigenvalue weighted by Gasteiger charge is -2.22. The van der Waals surface area contributed by atoms with E-state index in [2.05, 4.69) is 0 Å². The molecule has 0 radical (unpaired) electrons. The Morgan fingerprint density at radius 2 is 1.90 bits per heavy atom. The van der Waals surface area contributed by atoms with Crippen LogP contribution in [0.5, 0.6) is 11.5 Å². The monoisotopic (exact) mass is 433 g/mol. The number of carbonyl (C=O) groups is 1. The maximum Gasteiger partial charge on any atom is 0.266 e. The Bertz CT molecular complexity index is 1010. The molecule has 29 heavy (non-hydrogen) atoms. The fraction of sp³-hybridized carbons (Fsp3) is 0.333. The molecule has 1 heterocycles. The van der Waals surface area contributed by atoms with Crippen molar-refractivity contribution >= 4 is 44.2 Å². The van der Waals surface area contributed by atoms with Crippen LogP contribution in [0.15, 0.2) is 36.4 Å². The maximum atomic E-state index is 13.0. The summed E-state index contributed by atoms with van der Waals surface area (Å²) in [7, 11) is 5.51. The van der Waals surface area contributed by atoms with E-state index < -0.39 is 0 Å². The minimum Gasteiger partial charge on any atom is -0.493 e.